The zero-order valence-electron chi connectivity index (χ0n) is 15.4. The summed E-state index contributed by atoms with van der Waals surface area (Å²) in [6, 6.07) is 10.2. The molecule has 2 aromatic rings. The molecule has 0 saturated heterocycles. The molecule has 1 aliphatic heterocycles. The summed E-state index contributed by atoms with van der Waals surface area (Å²) in [5, 5.41) is 9.05. The van der Waals surface area contributed by atoms with Gasteiger partial charge in [-0.05, 0) is 73.1 Å². The van der Waals surface area contributed by atoms with Crippen LogP contribution in [0.3, 0.4) is 0 Å². The van der Waals surface area contributed by atoms with Crippen molar-refractivity contribution < 1.29 is 24.1 Å². The average molecular weight is 358 g/mol. The quantitative estimate of drug-likeness (QED) is 0.695. The van der Waals surface area contributed by atoms with E-state index < -0.39 is 0 Å². The lowest BCUT2D eigenvalue weighted by Crippen LogP contribution is -2.00. The van der Waals surface area contributed by atoms with Crippen molar-refractivity contribution in [2.75, 3.05) is 27.6 Å². The lowest BCUT2D eigenvalue weighted by atomic mass is 9.95. The van der Waals surface area contributed by atoms with Crippen LogP contribution in [0.25, 0.3) is 0 Å². The molecule has 0 amide bonds. The highest BCUT2D eigenvalue weighted by Gasteiger charge is 2.17. The van der Waals surface area contributed by atoms with E-state index in [2.05, 4.69) is 18.2 Å². The lowest BCUT2D eigenvalue weighted by Gasteiger charge is -2.13. The summed E-state index contributed by atoms with van der Waals surface area (Å²) in [6.07, 6.45) is 4.50. The van der Waals surface area contributed by atoms with Crippen LogP contribution in [-0.4, -0.2) is 32.7 Å². The number of aliphatic hydroxyl groups is 1. The van der Waals surface area contributed by atoms with Crippen LogP contribution in [0.5, 0.6) is 23.0 Å². The second-order valence-electron chi connectivity index (χ2n) is 6.34. The van der Waals surface area contributed by atoms with Gasteiger partial charge in [0.1, 0.15) is 0 Å². The Balaban J connectivity index is 1.76. The van der Waals surface area contributed by atoms with Gasteiger partial charge in [-0.3, -0.25) is 0 Å². The molecule has 0 spiro atoms. The van der Waals surface area contributed by atoms with Gasteiger partial charge in [-0.15, -0.1) is 0 Å². The molecule has 5 heteroatoms. The molecule has 2 aromatic carbocycles. The lowest BCUT2D eigenvalue weighted by molar-refractivity contribution is 0.174. The SMILES string of the molecule is COc1ccc(CCc2cc3c(cc2CCCCO)OCO3)cc1OC. The molecule has 0 aliphatic carbocycles. The zero-order valence-corrected chi connectivity index (χ0v) is 15.4. The first kappa shape index (κ1) is 18.4. The van der Waals surface area contributed by atoms with Gasteiger partial charge in [0.05, 0.1) is 14.2 Å². The minimum absolute atomic E-state index is 0.228. The number of methoxy groups -OCH3 is 2. The number of unbranched alkanes of at least 4 members (excludes halogenated alkanes) is 1. The zero-order chi connectivity index (χ0) is 18.4. The number of hydrogen-bond donors (Lipinski definition) is 1. The average Bonchev–Trinajstić information content (AvgIpc) is 3.13. The molecule has 1 aliphatic rings. The molecule has 0 atom stereocenters. The molecular formula is C21H26O5. The second kappa shape index (κ2) is 8.81. The van der Waals surface area contributed by atoms with E-state index in [0.717, 1.165) is 55.1 Å². The van der Waals surface area contributed by atoms with Crippen molar-refractivity contribution in [3.63, 3.8) is 0 Å². The maximum atomic E-state index is 9.05. The Hall–Kier alpha value is -2.40. The first-order valence-electron chi connectivity index (χ1n) is 8.98. The van der Waals surface area contributed by atoms with E-state index in [9.17, 15) is 0 Å². The van der Waals surface area contributed by atoms with Crippen molar-refractivity contribution in [1.29, 1.82) is 0 Å². The van der Waals surface area contributed by atoms with Crippen LogP contribution >= 0.6 is 0 Å². The molecule has 140 valence electrons. The molecule has 1 N–H and O–H groups in total. The summed E-state index contributed by atoms with van der Waals surface area (Å²) < 4.78 is 21.8. The van der Waals surface area contributed by atoms with E-state index in [4.69, 9.17) is 24.1 Å². The Morgan fingerprint density at radius 3 is 2.19 bits per heavy atom. The molecule has 0 saturated carbocycles. The van der Waals surface area contributed by atoms with Gasteiger partial charge in [-0.1, -0.05) is 6.07 Å². The topological polar surface area (TPSA) is 57.2 Å². The highest BCUT2D eigenvalue weighted by Crippen LogP contribution is 2.36. The van der Waals surface area contributed by atoms with Crippen molar-refractivity contribution in [1.82, 2.24) is 0 Å². The predicted octanol–water partition coefficient (Wildman–Crippen LogP) is 3.53. The van der Waals surface area contributed by atoms with Gasteiger partial charge in [0.25, 0.3) is 0 Å². The third kappa shape index (κ3) is 4.22. The van der Waals surface area contributed by atoms with Crippen LogP contribution in [0, 0.1) is 0 Å². The fourth-order valence-corrected chi connectivity index (χ4v) is 3.23. The van der Waals surface area contributed by atoms with Gasteiger partial charge in [-0.2, -0.15) is 0 Å². The first-order valence-corrected chi connectivity index (χ1v) is 8.98. The Morgan fingerprint density at radius 1 is 0.846 bits per heavy atom. The van der Waals surface area contributed by atoms with Crippen molar-refractivity contribution in [3.8, 4) is 23.0 Å². The van der Waals surface area contributed by atoms with E-state index in [-0.39, 0.29) is 13.4 Å². The number of ether oxygens (including phenoxy) is 4. The van der Waals surface area contributed by atoms with Gasteiger partial charge in [0.2, 0.25) is 6.79 Å². The summed E-state index contributed by atoms with van der Waals surface area (Å²) in [5.74, 6) is 3.12. The van der Waals surface area contributed by atoms with Crippen LogP contribution in [0.15, 0.2) is 30.3 Å². The first-order chi connectivity index (χ1) is 12.7. The van der Waals surface area contributed by atoms with Crippen LogP contribution < -0.4 is 18.9 Å². The van der Waals surface area contributed by atoms with E-state index in [1.807, 2.05) is 12.1 Å². The summed E-state index contributed by atoms with van der Waals surface area (Å²) in [6.45, 7) is 0.510. The molecule has 3 rings (SSSR count). The largest absolute Gasteiger partial charge is 0.493 e. The summed E-state index contributed by atoms with van der Waals surface area (Å²) in [5.41, 5.74) is 3.73. The molecule has 0 aromatic heterocycles. The van der Waals surface area contributed by atoms with Gasteiger partial charge in [0, 0.05) is 6.61 Å². The number of benzene rings is 2. The van der Waals surface area contributed by atoms with E-state index >= 15 is 0 Å². The molecule has 0 fully saturated rings. The van der Waals surface area contributed by atoms with Crippen molar-refractivity contribution in [2.45, 2.75) is 32.1 Å². The van der Waals surface area contributed by atoms with Crippen LogP contribution in [-0.2, 0) is 19.3 Å². The van der Waals surface area contributed by atoms with Crippen molar-refractivity contribution >= 4 is 0 Å². The number of hydrogen-bond acceptors (Lipinski definition) is 5. The normalized spacial score (nSPS) is 12.3. The van der Waals surface area contributed by atoms with Gasteiger partial charge < -0.3 is 24.1 Å². The number of aliphatic hydroxyl groups excluding tert-OH is 1. The molecule has 1 heterocycles. The van der Waals surface area contributed by atoms with Gasteiger partial charge in [0.15, 0.2) is 23.0 Å². The summed E-state index contributed by atoms with van der Waals surface area (Å²) in [4.78, 5) is 0. The number of rotatable bonds is 9. The highest BCUT2D eigenvalue weighted by atomic mass is 16.7. The second-order valence-corrected chi connectivity index (χ2v) is 6.34. The molecule has 0 radical (unpaired) electrons. The number of fused-ring (bicyclic) bond motifs is 1. The Bertz CT molecular complexity index is 741. The smallest absolute Gasteiger partial charge is 0.231 e. The standard InChI is InChI=1S/C21H26O5/c1-23-18-9-7-15(11-19(18)24-2)6-8-17-13-21-20(25-14-26-21)12-16(17)5-3-4-10-22/h7,9,11-13,22H,3-6,8,10,14H2,1-2H3. The van der Waals surface area contributed by atoms with E-state index in [0.29, 0.717) is 0 Å². The maximum absolute atomic E-state index is 9.05. The van der Waals surface area contributed by atoms with Gasteiger partial charge >= 0.3 is 0 Å². The Kier molecular flexibility index (Phi) is 6.23. The minimum atomic E-state index is 0.228. The fourth-order valence-electron chi connectivity index (χ4n) is 3.23. The summed E-state index contributed by atoms with van der Waals surface area (Å²) in [7, 11) is 3.29. The van der Waals surface area contributed by atoms with Crippen LogP contribution in [0.1, 0.15) is 29.5 Å². The maximum Gasteiger partial charge on any atom is 0.231 e. The molecule has 0 unspecified atom stereocenters. The molecule has 26 heavy (non-hydrogen) atoms. The fraction of sp³-hybridized carbons (Fsp3) is 0.429. The number of aryl methyl sites for hydroxylation is 3. The third-order valence-corrected chi connectivity index (χ3v) is 4.68. The van der Waals surface area contributed by atoms with Gasteiger partial charge in [-0.25, -0.2) is 0 Å². The molecular weight excluding hydrogens is 332 g/mol. The molecule has 5 nitrogen and oxygen atoms in total. The Morgan fingerprint density at radius 2 is 1.54 bits per heavy atom. The van der Waals surface area contributed by atoms with Crippen LogP contribution in [0.4, 0.5) is 0 Å². The monoisotopic (exact) mass is 358 g/mol. The van der Waals surface area contributed by atoms with Crippen LogP contribution in [0.2, 0.25) is 0 Å². The molecule has 0 bridgehead atoms. The summed E-state index contributed by atoms with van der Waals surface area (Å²) >= 11 is 0. The Labute approximate surface area is 154 Å². The van der Waals surface area contributed by atoms with Crippen molar-refractivity contribution in [2.24, 2.45) is 0 Å². The predicted molar refractivity (Wildman–Crippen MR) is 99.5 cm³/mol. The van der Waals surface area contributed by atoms with E-state index in [1.165, 1.54) is 16.7 Å². The van der Waals surface area contributed by atoms with E-state index in [1.54, 1.807) is 14.2 Å². The third-order valence-electron chi connectivity index (χ3n) is 4.68. The highest BCUT2D eigenvalue weighted by molar-refractivity contribution is 5.49. The van der Waals surface area contributed by atoms with Crippen molar-refractivity contribution in [3.05, 3.63) is 47.0 Å². The minimum Gasteiger partial charge on any atom is -0.493 e.